The van der Waals surface area contributed by atoms with Crippen molar-refractivity contribution in [2.75, 3.05) is 5.01 Å². The lowest BCUT2D eigenvalue weighted by atomic mass is 10.1. The van der Waals surface area contributed by atoms with E-state index < -0.39 is 6.17 Å². The summed E-state index contributed by atoms with van der Waals surface area (Å²) in [5.41, 5.74) is 3.56. The van der Waals surface area contributed by atoms with E-state index in [1.807, 2.05) is 107 Å². The lowest BCUT2D eigenvalue weighted by Crippen LogP contribution is -2.37. The van der Waals surface area contributed by atoms with Gasteiger partial charge in [-0.15, -0.1) is 5.10 Å². The molecule has 4 aromatic rings. The SMILES string of the molecule is CC(=O)C1=NN(c2ccccc2)[C@H](c2cc(Cl)ccc2OCc2ccccc2Cl)N1Cc1ccccc1. The van der Waals surface area contributed by atoms with Crippen molar-refractivity contribution in [3.8, 4) is 5.75 Å². The number of anilines is 1. The van der Waals surface area contributed by atoms with Crippen LogP contribution in [0.5, 0.6) is 5.75 Å². The zero-order valence-corrected chi connectivity index (χ0v) is 21.7. The maximum Gasteiger partial charge on any atom is 0.196 e. The Morgan fingerprint density at radius 3 is 2.27 bits per heavy atom. The molecule has 186 valence electrons. The quantitative estimate of drug-likeness (QED) is 0.237. The van der Waals surface area contributed by atoms with Crippen molar-refractivity contribution in [1.29, 1.82) is 0 Å². The number of rotatable bonds is 8. The molecule has 0 unspecified atom stereocenters. The Kier molecular flexibility index (Phi) is 7.45. The molecule has 1 aliphatic rings. The van der Waals surface area contributed by atoms with Gasteiger partial charge in [0.2, 0.25) is 0 Å². The Morgan fingerprint density at radius 2 is 1.57 bits per heavy atom. The monoisotopic (exact) mass is 529 g/mol. The summed E-state index contributed by atoms with van der Waals surface area (Å²) >= 11 is 12.9. The minimum Gasteiger partial charge on any atom is -0.488 e. The van der Waals surface area contributed by atoms with Crippen LogP contribution in [0.15, 0.2) is 108 Å². The van der Waals surface area contributed by atoms with Crippen LogP contribution in [0, 0.1) is 0 Å². The first-order valence-corrected chi connectivity index (χ1v) is 12.7. The Bertz CT molecular complexity index is 1430. The van der Waals surface area contributed by atoms with Gasteiger partial charge < -0.3 is 9.64 Å². The fraction of sp³-hybridized carbons (Fsp3) is 0.133. The van der Waals surface area contributed by atoms with Crippen LogP contribution < -0.4 is 9.75 Å². The van der Waals surface area contributed by atoms with Gasteiger partial charge in [-0.3, -0.25) is 4.79 Å². The fourth-order valence-electron chi connectivity index (χ4n) is 4.38. The van der Waals surface area contributed by atoms with E-state index in [1.54, 1.807) is 6.07 Å². The van der Waals surface area contributed by atoms with Crippen molar-refractivity contribution in [2.24, 2.45) is 5.10 Å². The van der Waals surface area contributed by atoms with Crippen molar-refractivity contribution in [2.45, 2.75) is 26.2 Å². The van der Waals surface area contributed by atoms with E-state index >= 15 is 0 Å². The summed E-state index contributed by atoms with van der Waals surface area (Å²) in [5, 5.41) is 7.85. The molecule has 0 N–H and O–H groups in total. The van der Waals surface area contributed by atoms with Crippen molar-refractivity contribution < 1.29 is 9.53 Å². The molecule has 0 amide bonds. The molecule has 0 aliphatic carbocycles. The van der Waals surface area contributed by atoms with Crippen LogP contribution >= 0.6 is 23.2 Å². The number of para-hydroxylation sites is 1. The second-order valence-corrected chi connectivity index (χ2v) is 9.55. The standard InChI is InChI=1S/C30H25Cl2N3O2/c1-21(36)29-33-35(25-13-6-3-7-14-25)30(34(29)19-22-10-4-2-5-11-22)26-18-24(31)16-17-28(26)37-20-23-12-8-9-15-27(23)32/h2-18,30H,19-20H2,1H3/t30-/m1/s1. The van der Waals surface area contributed by atoms with E-state index in [1.165, 1.54) is 6.92 Å². The normalized spacial score (nSPS) is 15.0. The molecule has 0 saturated carbocycles. The molecule has 7 heteroatoms. The zero-order valence-electron chi connectivity index (χ0n) is 20.2. The third-order valence-corrected chi connectivity index (χ3v) is 6.73. The summed E-state index contributed by atoms with van der Waals surface area (Å²) in [6, 6.07) is 32.9. The van der Waals surface area contributed by atoms with Gasteiger partial charge in [0.1, 0.15) is 12.4 Å². The number of nitrogens with zero attached hydrogens (tertiary/aromatic N) is 3. The Hall–Kier alpha value is -3.80. The third kappa shape index (κ3) is 5.48. The number of hydrazone groups is 1. The van der Waals surface area contributed by atoms with Gasteiger partial charge in [0.25, 0.3) is 0 Å². The fourth-order valence-corrected chi connectivity index (χ4v) is 4.75. The van der Waals surface area contributed by atoms with E-state index in [-0.39, 0.29) is 12.4 Å². The summed E-state index contributed by atoms with van der Waals surface area (Å²) < 4.78 is 6.32. The highest BCUT2D eigenvalue weighted by atomic mass is 35.5. The Balaban J connectivity index is 1.60. The van der Waals surface area contributed by atoms with Gasteiger partial charge in [-0.25, -0.2) is 5.01 Å². The van der Waals surface area contributed by atoms with Gasteiger partial charge >= 0.3 is 0 Å². The number of amidine groups is 1. The molecule has 0 spiro atoms. The number of ether oxygens (including phenoxy) is 1. The number of Topliss-reactive ketones (excluding diaryl/α,β-unsaturated/α-hetero) is 1. The lowest BCUT2D eigenvalue weighted by Gasteiger charge is -2.33. The van der Waals surface area contributed by atoms with Crippen LogP contribution in [0.4, 0.5) is 5.69 Å². The smallest absolute Gasteiger partial charge is 0.196 e. The molecule has 0 aromatic heterocycles. The van der Waals surface area contributed by atoms with Crippen LogP contribution in [0.3, 0.4) is 0 Å². The molecule has 1 aliphatic heterocycles. The van der Waals surface area contributed by atoms with Gasteiger partial charge in [-0.05, 0) is 42.0 Å². The molecule has 37 heavy (non-hydrogen) atoms. The summed E-state index contributed by atoms with van der Waals surface area (Å²) in [6.45, 7) is 2.30. The highest BCUT2D eigenvalue weighted by Crippen LogP contribution is 2.41. The van der Waals surface area contributed by atoms with E-state index in [2.05, 4.69) is 0 Å². The second kappa shape index (κ2) is 11.1. The summed E-state index contributed by atoms with van der Waals surface area (Å²) in [7, 11) is 0. The van der Waals surface area contributed by atoms with Crippen molar-refractivity contribution in [3.05, 3.63) is 130 Å². The van der Waals surface area contributed by atoms with Crippen LogP contribution in [-0.4, -0.2) is 16.5 Å². The van der Waals surface area contributed by atoms with Crippen LogP contribution in [0.2, 0.25) is 10.0 Å². The number of ketones is 1. The first kappa shape index (κ1) is 24.9. The number of benzene rings is 4. The molecule has 1 heterocycles. The first-order chi connectivity index (χ1) is 18.0. The van der Waals surface area contributed by atoms with Gasteiger partial charge in [-0.1, -0.05) is 89.9 Å². The Morgan fingerprint density at radius 1 is 0.892 bits per heavy atom. The molecular weight excluding hydrogens is 505 g/mol. The van der Waals surface area contributed by atoms with E-state index in [0.717, 1.165) is 22.4 Å². The van der Waals surface area contributed by atoms with Crippen molar-refractivity contribution in [3.63, 3.8) is 0 Å². The van der Waals surface area contributed by atoms with Gasteiger partial charge in [0.15, 0.2) is 17.8 Å². The Labute approximate surface area is 226 Å². The average Bonchev–Trinajstić information content (AvgIpc) is 3.29. The molecule has 0 saturated heterocycles. The molecule has 1 atom stereocenters. The lowest BCUT2D eigenvalue weighted by molar-refractivity contribution is -0.111. The summed E-state index contributed by atoms with van der Waals surface area (Å²) in [4.78, 5) is 14.8. The molecule has 0 radical (unpaired) electrons. The van der Waals surface area contributed by atoms with Crippen LogP contribution in [-0.2, 0) is 17.9 Å². The minimum atomic E-state index is -0.471. The summed E-state index contributed by atoms with van der Waals surface area (Å²) in [6.07, 6.45) is -0.471. The maximum absolute atomic E-state index is 12.8. The number of carbonyl (C=O) groups excluding carboxylic acids is 1. The van der Waals surface area contributed by atoms with Gasteiger partial charge in [0.05, 0.1) is 5.69 Å². The first-order valence-electron chi connectivity index (χ1n) is 11.9. The minimum absolute atomic E-state index is 0.125. The third-order valence-electron chi connectivity index (χ3n) is 6.12. The number of hydrogen-bond acceptors (Lipinski definition) is 5. The molecule has 5 nitrogen and oxygen atoms in total. The predicted molar refractivity (Wildman–Crippen MR) is 149 cm³/mol. The predicted octanol–water partition coefficient (Wildman–Crippen LogP) is 7.50. The molecule has 4 aromatic carbocycles. The van der Waals surface area contributed by atoms with E-state index in [0.29, 0.717) is 28.2 Å². The molecule has 5 rings (SSSR count). The van der Waals surface area contributed by atoms with Crippen molar-refractivity contribution >= 4 is 40.5 Å². The van der Waals surface area contributed by atoms with Crippen LogP contribution in [0.25, 0.3) is 0 Å². The largest absolute Gasteiger partial charge is 0.488 e. The van der Waals surface area contributed by atoms with Gasteiger partial charge in [0, 0.05) is 34.6 Å². The molecule has 0 bridgehead atoms. The number of halogens is 2. The molecular formula is C30H25Cl2N3O2. The average molecular weight is 530 g/mol. The number of carbonyl (C=O) groups is 1. The maximum atomic E-state index is 12.8. The highest BCUT2D eigenvalue weighted by molar-refractivity contribution is 6.38. The highest BCUT2D eigenvalue weighted by Gasteiger charge is 2.39. The van der Waals surface area contributed by atoms with E-state index in [9.17, 15) is 4.79 Å². The van der Waals surface area contributed by atoms with E-state index in [4.69, 9.17) is 33.0 Å². The van der Waals surface area contributed by atoms with Gasteiger partial charge in [-0.2, -0.15) is 0 Å². The van der Waals surface area contributed by atoms with Crippen LogP contribution in [0.1, 0.15) is 29.8 Å². The second-order valence-electron chi connectivity index (χ2n) is 8.71. The topological polar surface area (TPSA) is 45.1 Å². The molecule has 0 fully saturated rings. The zero-order chi connectivity index (χ0) is 25.8. The summed E-state index contributed by atoms with van der Waals surface area (Å²) in [5.74, 6) is 0.878. The van der Waals surface area contributed by atoms with Crippen molar-refractivity contribution in [1.82, 2.24) is 4.90 Å². The number of hydrogen-bond donors (Lipinski definition) is 0.